The Balaban J connectivity index is 1.20. The average Bonchev–Trinajstić information content (AvgIpc) is 3.57. The van der Waals surface area contributed by atoms with E-state index >= 15 is 0 Å². The first-order chi connectivity index (χ1) is 18.1. The summed E-state index contributed by atoms with van der Waals surface area (Å²) >= 11 is 0. The predicted molar refractivity (Wildman–Crippen MR) is 149 cm³/mol. The van der Waals surface area contributed by atoms with Gasteiger partial charge in [-0.3, -0.25) is 4.79 Å². The van der Waals surface area contributed by atoms with Crippen LogP contribution in [0, 0.1) is 6.92 Å². The van der Waals surface area contributed by atoms with Gasteiger partial charge < -0.3 is 15.2 Å². The van der Waals surface area contributed by atoms with Gasteiger partial charge in [-0.05, 0) is 66.3 Å². The van der Waals surface area contributed by atoms with Crippen molar-refractivity contribution in [3.05, 3.63) is 101 Å². The maximum Gasteiger partial charge on any atom is 0.251 e. The first kappa shape index (κ1) is 23.2. The molecule has 4 aromatic rings. The Morgan fingerprint density at radius 2 is 1.78 bits per heavy atom. The third-order valence-electron chi connectivity index (χ3n) is 7.68. The Morgan fingerprint density at radius 3 is 2.57 bits per heavy atom. The number of carbonyl (C=O) groups excluding carboxylic acids is 1. The topological polar surface area (TPSA) is 73.9 Å². The lowest BCUT2D eigenvalue weighted by Crippen LogP contribution is -2.34. The number of aromatic amines is 1. The molecule has 1 amide bonds. The van der Waals surface area contributed by atoms with Crippen LogP contribution in [0.4, 0.5) is 5.82 Å². The molecule has 186 valence electrons. The molecule has 2 N–H and O–H groups in total. The predicted octanol–water partition coefficient (Wildman–Crippen LogP) is 5.62. The molecule has 37 heavy (non-hydrogen) atoms. The van der Waals surface area contributed by atoms with Crippen molar-refractivity contribution in [1.29, 1.82) is 0 Å². The number of benzene rings is 2. The zero-order chi connectivity index (χ0) is 25.4. The summed E-state index contributed by atoms with van der Waals surface area (Å²) in [5.74, 6) is 1.46. The van der Waals surface area contributed by atoms with E-state index in [0.717, 1.165) is 55.0 Å². The van der Waals surface area contributed by atoms with Crippen molar-refractivity contribution in [2.45, 2.75) is 32.1 Å². The number of allylic oxidation sites excluding steroid dienone is 1. The number of nitrogens with one attached hydrogen (secondary N) is 2. The van der Waals surface area contributed by atoms with Crippen molar-refractivity contribution >= 4 is 23.4 Å². The fraction of sp³-hybridized carbons (Fsp3) is 0.258. The molecule has 1 aliphatic heterocycles. The Hall–Kier alpha value is -4.19. The van der Waals surface area contributed by atoms with Gasteiger partial charge in [0, 0.05) is 55.0 Å². The Labute approximate surface area is 217 Å². The molecule has 3 heterocycles. The Morgan fingerprint density at radius 1 is 1.00 bits per heavy atom. The van der Waals surface area contributed by atoms with Gasteiger partial charge in [0.15, 0.2) is 0 Å². The molecule has 2 aliphatic rings. The van der Waals surface area contributed by atoms with Crippen molar-refractivity contribution in [3.63, 3.8) is 0 Å². The van der Waals surface area contributed by atoms with Gasteiger partial charge in [-0.1, -0.05) is 42.5 Å². The molecule has 0 spiro atoms. The van der Waals surface area contributed by atoms with E-state index in [2.05, 4.69) is 75.6 Å². The normalized spacial score (nSPS) is 15.4. The number of piperidine rings is 1. The number of aromatic nitrogens is 3. The highest BCUT2D eigenvalue weighted by Gasteiger charge is 2.27. The molecule has 2 aromatic carbocycles. The summed E-state index contributed by atoms with van der Waals surface area (Å²) in [4.78, 5) is 27.6. The molecule has 6 rings (SSSR count). The van der Waals surface area contributed by atoms with Crippen LogP contribution in [0.5, 0.6) is 0 Å². The molecule has 0 bridgehead atoms. The van der Waals surface area contributed by atoms with E-state index in [0.29, 0.717) is 11.5 Å². The van der Waals surface area contributed by atoms with Gasteiger partial charge in [-0.15, -0.1) is 0 Å². The Kier molecular flexibility index (Phi) is 6.08. The van der Waals surface area contributed by atoms with Crippen LogP contribution in [0.2, 0.25) is 0 Å². The third kappa shape index (κ3) is 4.44. The van der Waals surface area contributed by atoms with Crippen molar-refractivity contribution in [3.8, 4) is 11.3 Å². The van der Waals surface area contributed by atoms with Gasteiger partial charge in [-0.2, -0.15) is 0 Å². The van der Waals surface area contributed by atoms with Gasteiger partial charge in [0.2, 0.25) is 0 Å². The van der Waals surface area contributed by atoms with Crippen LogP contribution in [-0.2, 0) is 6.42 Å². The number of aryl methyl sites for hydroxylation is 1. The third-order valence-corrected chi connectivity index (χ3v) is 7.68. The summed E-state index contributed by atoms with van der Waals surface area (Å²) in [6.45, 7) is 4.11. The molecule has 1 aliphatic carbocycles. The minimum atomic E-state index is -0.0746. The molecule has 0 unspecified atom stereocenters. The van der Waals surface area contributed by atoms with Crippen LogP contribution < -0.4 is 10.2 Å². The van der Waals surface area contributed by atoms with E-state index in [-0.39, 0.29) is 5.91 Å². The standard InChI is InChI=1S/C31H31N5O/c1-20-15-27(35-29(20)22-7-4-3-5-8-22)21-11-13-36(14-12-21)30-26-17-25(18-28(26)33-19-34-30)23-9-6-10-24(16-23)31(37)32-2/h3-10,15-17,19,21,35H,11-14,18H2,1-2H3,(H,32,37). The largest absolute Gasteiger partial charge is 0.358 e. The van der Waals surface area contributed by atoms with Crippen LogP contribution >= 0.6 is 0 Å². The van der Waals surface area contributed by atoms with Crippen molar-refractivity contribution in [2.75, 3.05) is 25.0 Å². The second kappa shape index (κ2) is 9.69. The van der Waals surface area contributed by atoms with Crippen molar-refractivity contribution in [2.24, 2.45) is 0 Å². The number of carbonyl (C=O) groups is 1. The molecule has 1 saturated heterocycles. The van der Waals surface area contributed by atoms with Crippen LogP contribution in [0.1, 0.15) is 57.2 Å². The summed E-state index contributed by atoms with van der Waals surface area (Å²) in [5.41, 5.74) is 10.2. The fourth-order valence-electron chi connectivity index (χ4n) is 5.67. The number of amides is 1. The van der Waals surface area contributed by atoms with Gasteiger partial charge in [0.25, 0.3) is 5.91 Å². The first-order valence-corrected chi connectivity index (χ1v) is 13.0. The van der Waals surface area contributed by atoms with E-state index in [1.165, 1.54) is 28.1 Å². The molecule has 2 aromatic heterocycles. The van der Waals surface area contributed by atoms with Crippen molar-refractivity contribution < 1.29 is 4.79 Å². The van der Waals surface area contributed by atoms with Crippen LogP contribution in [0.25, 0.3) is 22.9 Å². The van der Waals surface area contributed by atoms with E-state index < -0.39 is 0 Å². The maximum atomic E-state index is 12.1. The Bertz CT molecular complexity index is 1480. The number of hydrogen-bond donors (Lipinski definition) is 2. The van der Waals surface area contributed by atoms with Crippen LogP contribution in [0.15, 0.2) is 67.0 Å². The highest BCUT2D eigenvalue weighted by molar-refractivity contribution is 5.97. The molecule has 0 radical (unpaired) electrons. The minimum absolute atomic E-state index is 0.0746. The number of rotatable bonds is 5. The molecular weight excluding hydrogens is 458 g/mol. The number of hydrogen-bond acceptors (Lipinski definition) is 4. The fourth-order valence-corrected chi connectivity index (χ4v) is 5.67. The molecule has 0 saturated carbocycles. The zero-order valence-corrected chi connectivity index (χ0v) is 21.3. The quantitative estimate of drug-likeness (QED) is 0.382. The highest BCUT2D eigenvalue weighted by Crippen LogP contribution is 2.38. The highest BCUT2D eigenvalue weighted by atomic mass is 16.1. The SMILES string of the molecule is CNC(=O)c1cccc(C2=Cc3c(ncnc3N3CCC(c4cc(C)c(-c5ccccc5)[nH]4)CC3)C2)c1. The minimum Gasteiger partial charge on any atom is -0.358 e. The van der Waals surface area contributed by atoms with E-state index in [1.54, 1.807) is 13.4 Å². The summed E-state index contributed by atoms with van der Waals surface area (Å²) in [5, 5.41) is 2.71. The van der Waals surface area contributed by atoms with Gasteiger partial charge in [0.05, 0.1) is 5.69 Å². The van der Waals surface area contributed by atoms with Crippen LogP contribution in [0.3, 0.4) is 0 Å². The lowest BCUT2D eigenvalue weighted by Gasteiger charge is -2.33. The maximum absolute atomic E-state index is 12.1. The number of nitrogens with zero attached hydrogens (tertiary/aromatic N) is 3. The number of fused-ring (bicyclic) bond motifs is 1. The van der Waals surface area contributed by atoms with E-state index in [4.69, 9.17) is 4.98 Å². The van der Waals surface area contributed by atoms with Gasteiger partial charge >= 0.3 is 0 Å². The van der Waals surface area contributed by atoms with Gasteiger partial charge in [-0.25, -0.2) is 9.97 Å². The summed E-state index contributed by atoms with van der Waals surface area (Å²) in [6, 6.07) is 20.7. The first-order valence-electron chi connectivity index (χ1n) is 13.0. The summed E-state index contributed by atoms with van der Waals surface area (Å²) < 4.78 is 0. The second-order valence-corrected chi connectivity index (χ2v) is 9.97. The summed E-state index contributed by atoms with van der Waals surface area (Å²) in [6.07, 6.45) is 6.82. The molecule has 6 heteroatoms. The lowest BCUT2D eigenvalue weighted by molar-refractivity contribution is 0.0963. The monoisotopic (exact) mass is 489 g/mol. The number of anilines is 1. The smallest absolute Gasteiger partial charge is 0.251 e. The van der Waals surface area contributed by atoms with E-state index in [1.807, 2.05) is 18.2 Å². The molecular formula is C31H31N5O. The van der Waals surface area contributed by atoms with Gasteiger partial charge in [0.1, 0.15) is 12.1 Å². The van der Waals surface area contributed by atoms with Crippen LogP contribution in [-0.4, -0.2) is 41.0 Å². The molecule has 6 nitrogen and oxygen atoms in total. The second-order valence-electron chi connectivity index (χ2n) is 9.97. The molecule has 0 atom stereocenters. The zero-order valence-electron chi connectivity index (χ0n) is 21.3. The average molecular weight is 490 g/mol. The lowest BCUT2D eigenvalue weighted by atomic mass is 9.93. The summed E-state index contributed by atoms with van der Waals surface area (Å²) in [7, 11) is 1.66. The van der Waals surface area contributed by atoms with E-state index in [9.17, 15) is 4.79 Å². The van der Waals surface area contributed by atoms with Crippen molar-refractivity contribution in [1.82, 2.24) is 20.3 Å². The molecule has 1 fully saturated rings. The number of H-pyrrole nitrogens is 1.